The molecule has 0 radical (unpaired) electrons. The SMILES string of the molecule is CNCC1CCCCN1c1nc2cc([N+](=O)[O-])ccc2o1. The predicted octanol–water partition coefficient (Wildman–Crippen LogP) is 2.31. The Balaban J connectivity index is 1.93. The van der Waals surface area contributed by atoms with Crippen molar-refractivity contribution < 1.29 is 9.34 Å². The zero-order valence-corrected chi connectivity index (χ0v) is 11.9. The summed E-state index contributed by atoms with van der Waals surface area (Å²) in [6.07, 6.45) is 3.41. The second kappa shape index (κ2) is 5.69. The molecule has 1 fully saturated rings. The number of oxazole rings is 1. The van der Waals surface area contributed by atoms with Crippen LogP contribution in [0.3, 0.4) is 0 Å². The fraction of sp³-hybridized carbons (Fsp3) is 0.500. The van der Waals surface area contributed by atoms with Crippen LogP contribution in [0.5, 0.6) is 0 Å². The van der Waals surface area contributed by atoms with Gasteiger partial charge in [0.15, 0.2) is 5.58 Å². The molecule has 1 aliphatic heterocycles. The number of rotatable bonds is 4. The van der Waals surface area contributed by atoms with Gasteiger partial charge in [0.25, 0.3) is 11.7 Å². The van der Waals surface area contributed by atoms with Crippen LogP contribution in [0.25, 0.3) is 11.1 Å². The van der Waals surface area contributed by atoms with Gasteiger partial charge in [0.2, 0.25) is 0 Å². The molecule has 1 N–H and O–H groups in total. The van der Waals surface area contributed by atoms with Gasteiger partial charge in [-0.1, -0.05) is 0 Å². The molecule has 2 aromatic rings. The lowest BCUT2D eigenvalue weighted by molar-refractivity contribution is -0.384. The molecule has 112 valence electrons. The third kappa shape index (κ3) is 2.69. The molecular formula is C14H18N4O3. The minimum absolute atomic E-state index is 0.0350. The molecule has 2 heterocycles. The van der Waals surface area contributed by atoms with Crippen LogP contribution >= 0.6 is 0 Å². The lowest BCUT2D eigenvalue weighted by Crippen LogP contribution is -2.45. The highest BCUT2D eigenvalue weighted by Crippen LogP contribution is 2.29. The summed E-state index contributed by atoms with van der Waals surface area (Å²) in [5, 5.41) is 14.0. The van der Waals surface area contributed by atoms with Crippen molar-refractivity contribution in [2.24, 2.45) is 0 Å². The van der Waals surface area contributed by atoms with E-state index >= 15 is 0 Å². The molecule has 0 spiro atoms. The summed E-state index contributed by atoms with van der Waals surface area (Å²) < 4.78 is 5.78. The summed E-state index contributed by atoms with van der Waals surface area (Å²) in [6.45, 7) is 1.78. The minimum Gasteiger partial charge on any atom is -0.423 e. The number of fused-ring (bicyclic) bond motifs is 1. The van der Waals surface area contributed by atoms with Crippen molar-refractivity contribution in [2.45, 2.75) is 25.3 Å². The van der Waals surface area contributed by atoms with Gasteiger partial charge in [-0.3, -0.25) is 10.1 Å². The lowest BCUT2D eigenvalue weighted by atomic mass is 10.0. The van der Waals surface area contributed by atoms with Crippen molar-refractivity contribution in [2.75, 3.05) is 25.0 Å². The Kier molecular flexibility index (Phi) is 3.74. The summed E-state index contributed by atoms with van der Waals surface area (Å²) in [4.78, 5) is 17.0. The molecule has 1 atom stereocenters. The van der Waals surface area contributed by atoms with Gasteiger partial charge in [0, 0.05) is 31.3 Å². The first-order valence-electron chi connectivity index (χ1n) is 7.15. The number of non-ortho nitro benzene ring substituents is 1. The Hall–Kier alpha value is -2.15. The number of anilines is 1. The average molecular weight is 290 g/mol. The number of hydrogen-bond donors (Lipinski definition) is 1. The zero-order chi connectivity index (χ0) is 14.8. The number of piperidine rings is 1. The number of nitrogens with zero attached hydrogens (tertiary/aromatic N) is 3. The Morgan fingerprint density at radius 3 is 3.14 bits per heavy atom. The lowest BCUT2D eigenvalue weighted by Gasteiger charge is -2.34. The van der Waals surface area contributed by atoms with E-state index in [1.807, 2.05) is 7.05 Å². The van der Waals surface area contributed by atoms with Gasteiger partial charge in [0.05, 0.1) is 4.92 Å². The Morgan fingerprint density at radius 1 is 1.52 bits per heavy atom. The number of nitrogens with one attached hydrogen (secondary N) is 1. The largest absolute Gasteiger partial charge is 0.423 e. The molecule has 0 saturated carbocycles. The van der Waals surface area contributed by atoms with E-state index in [1.54, 1.807) is 6.07 Å². The van der Waals surface area contributed by atoms with Crippen molar-refractivity contribution in [3.63, 3.8) is 0 Å². The second-order valence-electron chi connectivity index (χ2n) is 5.31. The van der Waals surface area contributed by atoms with Gasteiger partial charge < -0.3 is 14.6 Å². The van der Waals surface area contributed by atoms with Gasteiger partial charge >= 0.3 is 0 Å². The standard InChI is InChI=1S/C14H18N4O3/c1-15-9-11-4-2-3-7-17(11)14-16-12-8-10(18(19)20)5-6-13(12)21-14/h5-6,8,11,15H,2-4,7,9H2,1H3. The van der Waals surface area contributed by atoms with Crippen LogP contribution in [0, 0.1) is 10.1 Å². The maximum Gasteiger partial charge on any atom is 0.298 e. The van der Waals surface area contributed by atoms with E-state index in [0.717, 1.165) is 25.9 Å². The Morgan fingerprint density at radius 2 is 2.38 bits per heavy atom. The molecule has 1 unspecified atom stereocenters. The van der Waals surface area contributed by atoms with Crippen molar-refractivity contribution in [1.29, 1.82) is 0 Å². The summed E-state index contributed by atoms with van der Waals surface area (Å²) in [6, 6.07) is 5.43. The summed E-state index contributed by atoms with van der Waals surface area (Å²) in [5.74, 6) is 0. The number of nitro groups is 1. The van der Waals surface area contributed by atoms with Crippen LogP contribution in [0.4, 0.5) is 11.7 Å². The Labute approximate surface area is 122 Å². The number of nitro benzene ring substituents is 1. The molecule has 1 saturated heterocycles. The third-order valence-corrected chi connectivity index (χ3v) is 3.88. The number of hydrogen-bond acceptors (Lipinski definition) is 6. The molecule has 21 heavy (non-hydrogen) atoms. The van der Waals surface area contributed by atoms with E-state index in [9.17, 15) is 10.1 Å². The maximum atomic E-state index is 10.8. The third-order valence-electron chi connectivity index (χ3n) is 3.88. The fourth-order valence-corrected chi connectivity index (χ4v) is 2.84. The smallest absolute Gasteiger partial charge is 0.298 e. The quantitative estimate of drug-likeness (QED) is 0.687. The van der Waals surface area contributed by atoms with E-state index in [-0.39, 0.29) is 5.69 Å². The highest BCUT2D eigenvalue weighted by atomic mass is 16.6. The first-order chi connectivity index (χ1) is 10.2. The molecule has 1 aromatic heterocycles. The van der Waals surface area contributed by atoms with E-state index in [1.165, 1.54) is 18.6 Å². The van der Waals surface area contributed by atoms with Gasteiger partial charge in [-0.25, -0.2) is 0 Å². The number of likely N-dealkylation sites (N-methyl/N-ethyl adjacent to an activating group) is 1. The zero-order valence-electron chi connectivity index (χ0n) is 11.9. The summed E-state index contributed by atoms with van der Waals surface area (Å²) in [7, 11) is 1.93. The topological polar surface area (TPSA) is 84.4 Å². The first kappa shape index (κ1) is 13.8. The summed E-state index contributed by atoms with van der Waals surface area (Å²) in [5.41, 5.74) is 1.16. The fourth-order valence-electron chi connectivity index (χ4n) is 2.84. The van der Waals surface area contributed by atoms with E-state index in [2.05, 4.69) is 15.2 Å². The molecule has 7 heteroatoms. The van der Waals surface area contributed by atoms with Gasteiger partial charge in [0.1, 0.15) is 5.52 Å². The molecule has 0 amide bonds. The van der Waals surface area contributed by atoms with Crippen LogP contribution in [-0.2, 0) is 0 Å². The van der Waals surface area contributed by atoms with Crippen molar-refractivity contribution in [3.05, 3.63) is 28.3 Å². The molecule has 3 rings (SSSR count). The van der Waals surface area contributed by atoms with Crippen molar-refractivity contribution in [3.8, 4) is 0 Å². The summed E-state index contributed by atoms with van der Waals surface area (Å²) >= 11 is 0. The Bertz CT molecular complexity index is 653. The van der Waals surface area contributed by atoms with E-state index in [0.29, 0.717) is 23.2 Å². The molecule has 1 aliphatic rings. The number of benzene rings is 1. The van der Waals surface area contributed by atoms with Crippen LogP contribution in [-0.4, -0.2) is 36.1 Å². The monoisotopic (exact) mass is 290 g/mol. The first-order valence-corrected chi connectivity index (χ1v) is 7.15. The average Bonchev–Trinajstić information content (AvgIpc) is 2.90. The molecule has 0 aliphatic carbocycles. The molecule has 1 aromatic carbocycles. The van der Waals surface area contributed by atoms with E-state index < -0.39 is 4.92 Å². The van der Waals surface area contributed by atoms with Gasteiger partial charge in [-0.2, -0.15) is 4.98 Å². The minimum atomic E-state index is -0.418. The van der Waals surface area contributed by atoms with E-state index in [4.69, 9.17) is 4.42 Å². The van der Waals surface area contributed by atoms with Crippen molar-refractivity contribution in [1.82, 2.24) is 10.3 Å². The van der Waals surface area contributed by atoms with Crippen LogP contribution in [0.15, 0.2) is 22.6 Å². The van der Waals surface area contributed by atoms with Crippen molar-refractivity contribution >= 4 is 22.8 Å². The maximum absolute atomic E-state index is 10.8. The van der Waals surface area contributed by atoms with Gasteiger partial charge in [-0.05, 0) is 32.4 Å². The predicted molar refractivity (Wildman–Crippen MR) is 79.6 cm³/mol. The normalized spacial score (nSPS) is 19.1. The molecule has 7 nitrogen and oxygen atoms in total. The molecule has 0 bridgehead atoms. The van der Waals surface area contributed by atoms with Crippen LogP contribution < -0.4 is 10.2 Å². The second-order valence-corrected chi connectivity index (χ2v) is 5.31. The number of aromatic nitrogens is 1. The van der Waals surface area contributed by atoms with Gasteiger partial charge in [-0.15, -0.1) is 0 Å². The van der Waals surface area contributed by atoms with Crippen LogP contribution in [0.1, 0.15) is 19.3 Å². The highest BCUT2D eigenvalue weighted by molar-refractivity contribution is 5.77. The van der Waals surface area contributed by atoms with Crippen LogP contribution in [0.2, 0.25) is 0 Å². The molecular weight excluding hydrogens is 272 g/mol. The highest BCUT2D eigenvalue weighted by Gasteiger charge is 2.26.